The van der Waals surface area contributed by atoms with Crippen LogP contribution >= 0.6 is 0 Å². The van der Waals surface area contributed by atoms with Gasteiger partial charge in [-0.1, -0.05) is 20.3 Å². The maximum Gasteiger partial charge on any atom is 0 e. The monoisotopic (exact) mass is 166 g/mol. The SMILES string of the molecule is CCC.NO.[Y]. The molecule has 3 heteroatoms. The number of hydrogen-bond acceptors (Lipinski definition) is 2. The first-order valence-corrected chi connectivity index (χ1v) is 1.67. The number of nitrogens with two attached hydrogens (primary N) is 1. The van der Waals surface area contributed by atoms with E-state index in [0.29, 0.717) is 0 Å². The normalized spacial score (nSPS) is 4.00. The molecule has 0 amide bonds. The molecule has 0 aromatic rings. The van der Waals surface area contributed by atoms with Crippen molar-refractivity contribution in [2.24, 2.45) is 5.90 Å². The molecule has 0 atom stereocenters. The van der Waals surface area contributed by atoms with E-state index in [1.165, 1.54) is 6.42 Å². The summed E-state index contributed by atoms with van der Waals surface area (Å²) in [5.74, 6) is 3.50. The van der Waals surface area contributed by atoms with Crippen molar-refractivity contribution >= 4 is 0 Å². The minimum absolute atomic E-state index is 0. The van der Waals surface area contributed by atoms with Crippen LogP contribution in [0.2, 0.25) is 0 Å². The fraction of sp³-hybridized carbons (Fsp3) is 1.00. The Bertz CT molecular complexity index is 10.8. The van der Waals surface area contributed by atoms with Crippen LogP contribution in [0.1, 0.15) is 20.3 Å². The van der Waals surface area contributed by atoms with E-state index < -0.39 is 0 Å². The molecule has 0 aromatic heterocycles. The van der Waals surface area contributed by atoms with Crippen molar-refractivity contribution in [1.29, 1.82) is 0 Å². The largest absolute Gasteiger partial charge is 0.320 e. The van der Waals surface area contributed by atoms with Gasteiger partial charge in [0.25, 0.3) is 0 Å². The van der Waals surface area contributed by atoms with Crippen LogP contribution in [0.15, 0.2) is 0 Å². The molecule has 0 fully saturated rings. The first-order valence-electron chi connectivity index (χ1n) is 1.67. The Labute approximate surface area is 63.9 Å². The predicted molar refractivity (Wildman–Crippen MR) is 21.9 cm³/mol. The summed E-state index contributed by atoms with van der Waals surface area (Å²) in [6.07, 6.45) is 1.25. The molecule has 0 aliphatic rings. The van der Waals surface area contributed by atoms with E-state index in [2.05, 4.69) is 19.7 Å². The number of rotatable bonds is 0. The summed E-state index contributed by atoms with van der Waals surface area (Å²) in [4.78, 5) is 0. The van der Waals surface area contributed by atoms with Gasteiger partial charge in [0.05, 0.1) is 0 Å². The van der Waals surface area contributed by atoms with E-state index >= 15 is 0 Å². The molecule has 0 aliphatic heterocycles. The number of hydrogen-bond donors (Lipinski definition) is 2. The second-order valence-electron chi connectivity index (χ2n) is 0.707. The molecule has 2 nitrogen and oxygen atoms in total. The summed E-state index contributed by atoms with van der Waals surface area (Å²) >= 11 is 0. The van der Waals surface area contributed by atoms with Crippen molar-refractivity contribution in [3.63, 3.8) is 0 Å². The quantitative estimate of drug-likeness (QED) is 0.521. The van der Waals surface area contributed by atoms with Crippen LogP contribution in [0.5, 0.6) is 0 Å². The molecule has 0 aliphatic carbocycles. The first kappa shape index (κ1) is 15.7. The zero-order valence-electron chi connectivity index (χ0n) is 4.31. The maximum absolute atomic E-state index is 6.50. The third kappa shape index (κ3) is 77.6. The van der Waals surface area contributed by atoms with Crippen molar-refractivity contribution in [3.8, 4) is 0 Å². The smallest absolute Gasteiger partial charge is 0 e. The summed E-state index contributed by atoms with van der Waals surface area (Å²) < 4.78 is 0. The van der Waals surface area contributed by atoms with E-state index in [1.54, 1.807) is 0 Å². The average molecular weight is 166 g/mol. The molecule has 0 saturated carbocycles. The topological polar surface area (TPSA) is 46.2 Å². The summed E-state index contributed by atoms with van der Waals surface area (Å²) in [7, 11) is 0. The fourth-order valence-electron chi connectivity index (χ4n) is 0. The van der Waals surface area contributed by atoms with Crippen molar-refractivity contribution in [3.05, 3.63) is 0 Å². The Morgan fingerprint density at radius 1 is 1.33 bits per heavy atom. The minimum atomic E-state index is 0. The van der Waals surface area contributed by atoms with Gasteiger partial charge in [-0.05, 0) is 0 Å². The fourth-order valence-corrected chi connectivity index (χ4v) is 0. The summed E-state index contributed by atoms with van der Waals surface area (Å²) in [5, 5.41) is 6.50. The Morgan fingerprint density at radius 3 is 1.33 bits per heavy atom. The molecular formula is C3H11NOY. The van der Waals surface area contributed by atoms with E-state index in [0.717, 1.165) is 0 Å². The molecule has 0 heterocycles. The van der Waals surface area contributed by atoms with Crippen LogP contribution in [0.3, 0.4) is 0 Å². The predicted octanol–water partition coefficient (Wildman–Crippen LogP) is 0.748. The van der Waals surface area contributed by atoms with Gasteiger partial charge in [-0.25, -0.2) is 5.90 Å². The van der Waals surface area contributed by atoms with Gasteiger partial charge in [0, 0.05) is 32.7 Å². The van der Waals surface area contributed by atoms with Gasteiger partial charge in [-0.3, -0.25) is 0 Å². The van der Waals surface area contributed by atoms with Gasteiger partial charge < -0.3 is 5.21 Å². The van der Waals surface area contributed by atoms with Crippen LogP contribution in [-0.4, -0.2) is 5.21 Å². The Kier molecular flexibility index (Phi) is 97.4. The van der Waals surface area contributed by atoms with Crippen LogP contribution < -0.4 is 5.90 Å². The maximum atomic E-state index is 6.50. The first-order chi connectivity index (χ1) is 2.41. The van der Waals surface area contributed by atoms with Gasteiger partial charge in [0.2, 0.25) is 0 Å². The van der Waals surface area contributed by atoms with E-state index in [9.17, 15) is 0 Å². The zero-order chi connectivity index (χ0) is 4.71. The molecule has 1 radical (unpaired) electrons. The average Bonchev–Trinajstić information content (AvgIpc) is 1.46. The zero-order valence-corrected chi connectivity index (χ0v) is 7.15. The molecule has 0 rings (SSSR count). The van der Waals surface area contributed by atoms with Gasteiger partial charge in [0.15, 0.2) is 0 Å². The van der Waals surface area contributed by atoms with Crippen LogP contribution in [0.4, 0.5) is 0 Å². The van der Waals surface area contributed by atoms with Crippen molar-refractivity contribution in [2.75, 3.05) is 0 Å². The Morgan fingerprint density at radius 2 is 1.33 bits per heavy atom. The van der Waals surface area contributed by atoms with Gasteiger partial charge >= 0.3 is 0 Å². The third-order valence-electron chi connectivity index (χ3n) is 0. The Balaban J connectivity index is -0.0000000275. The third-order valence-corrected chi connectivity index (χ3v) is 0. The molecule has 0 spiro atoms. The Hall–Kier alpha value is 1.02. The molecule has 3 N–H and O–H groups in total. The standard InChI is InChI=1S/C3H8.H3NO.Y/c1-3-2;1-2;/h3H2,1-2H3;2H,1H2;. The summed E-state index contributed by atoms with van der Waals surface area (Å²) in [6, 6.07) is 0. The van der Waals surface area contributed by atoms with Crippen LogP contribution in [0, 0.1) is 0 Å². The van der Waals surface area contributed by atoms with E-state index in [-0.39, 0.29) is 32.7 Å². The van der Waals surface area contributed by atoms with Crippen molar-refractivity contribution in [2.45, 2.75) is 20.3 Å². The van der Waals surface area contributed by atoms with Crippen molar-refractivity contribution in [1.82, 2.24) is 0 Å². The van der Waals surface area contributed by atoms with Gasteiger partial charge in [-0.2, -0.15) is 0 Å². The minimum Gasteiger partial charge on any atom is -0.320 e. The van der Waals surface area contributed by atoms with E-state index in [4.69, 9.17) is 5.21 Å². The second-order valence-corrected chi connectivity index (χ2v) is 0.707. The van der Waals surface area contributed by atoms with E-state index in [1.807, 2.05) is 0 Å². The molecule has 0 aromatic carbocycles. The molecule has 37 valence electrons. The second kappa shape index (κ2) is 37.1. The van der Waals surface area contributed by atoms with Crippen LogP contribution in [-0.2, 0) is 32.7 Å². The molecule has 0 saturated heterocycles. The van der Waals surface area contributed by atoms with Gasteiger partial charge in [-0.15, -0.1) is 0 Å². The van der Waals surface area contributed by atoms with Gasteiger partial charge in [0.1, 0.15) is 0 Å². The summed E-state index contributed by atoms with van der Waals surface area (Å²) in [6.45, 7) is 4.25. The van der Waals surface area contributed by atoms with Crippen LogP contribution in [0.25, 0.3) is 0 Å². The molecule has 0 bridgehead atoms. The molecule has 6 heavy (non-hydrogen) atoms. The van der Waals surface area contributed by atoms with Crippen molar-refractivity contribution < 1.29 is 37.9 Å². The summed E-state index contributed by atoms with van der Waals surface area (Å²) in [5.41, 5.74) is 0. The molecule has 0 unspecified atom stereocenters. The molecular weight excluding hydrogens is 155 g/mol.